The summed E-state index contributed by atoms with van der Waals surface area (Å²) in [6.45, 7) is 6.66. The Morgan fingerprint density at radius 2 is 0.491 bits per heavy atom. The van der Waals surface area contributed by atoms with E-state index in [0.29, 0.717) is 19.3 Å². The molecule has 0 fully saturated rings. The lowest BCUT2D eigenvalue weighted by Gasteiger charge is -2.18. The Bertz CT molecular complexity index is 813. The number of rotatable bonds is 45. The fraction of sp³-hybridized carbons (Fsp3) is 0.939. The van der Waals surface area contributed by atoms with Gasteiger partial charge in [0.1, 0.15) is 13.2 Å². The number of carbonyl (C=O) groups is 3. The number of unbranched alkanes of at least 4 members (excludes halogenated alkanes) is 34. The van der Waals surface area contributed by atoms with Crippen LogP contribution in [0.25, 0.3) is 0 Å². The largest absolute Gasteiger partial charge is 0.462 e. The molecule has 326 valence electrons. The van der Waals surface area contributed by atoms with Crippen LogP contribution in [0.15, 0.2) is 0 Å². The zero-order valence-corrected chi connectivity index (χ0v) is 37.2. The summed E-state index contributed by atoms with van der Waals surface area (Å²) in [5.74, 6) is -0.846. The first-order chi connectivity index (χ1) is 27.0. The van der Waals surface area contributed by atoms with Gasteiger partial charge in [0.2, 0.25) is 0 Å². The summed E-state index contributed by atoms with van der Waals surface area (Å²) in [7, 11) is 0. The fourth-order valence-electron chi connectivity index (χ4n) is 7.38. The number of carbonyl (C=O) groups excluding carboxylic acids is 3. The van der Waals surface area contributed by atoms with E-state index < -0.39 is 6.10 Å². The summed E-state index contributed by atoms with van der Waals surface area (Å²) >= 11 is 0. The van der Waals surface area contributed by atoms with Crippen molar-refractivity contribution in [3.05, 3.63) is 0 Å². The van der Waals surface area contributed by atoms with E-state index in [0.717, 1.165) is 57.8 Å². The first-order valence-electron chi connectivity index (χ1n) is 24.5. The van der Waals surface area contributed by atoms with Crippen molar-refractivity contribution in [2.45, 2.75) is 284 Å². The normalized spacial score (nSPS) is 11.8. The Balaban J connectivity index is 4.30. The third kappa shape index (κ3) is 43.4. The topological polar surface area (TPSA) is 78.9 Å². The Kier molecular flexibility index (Phi) is 43.8. The second-order valence-corrected chi connectivity index (χ2v) is 16.7. The predicted octanol–water partition coefficient (Wildman–Crippen LogP) is 15.6. The van der Waals surface area contributed by atoms with Crippen LogP contribution in [0.5, 0.6) is 0 Å². The Labute approximate surface area is 342 Å². The first-order valence-corrected chi connectivity index (χ1v) is 24.5. The lowest BCUT2D eigenvalue weighted by molar-refractivity contribution is -0.167. The standard InChI is InChI=1S/C49H94O6/c1-4-7-10-13-16-19-22-24-25-28-30-33-36-39-42-48(51)54-45-46(44-53-47(50)41-38-35-32-29-26-21-18-15-12-9-6-3)55-49(52)43-40-37-34-31-27-23-20-17-14-11-8-5-2/h46H,4-45H2,1-3H3. The van der Waals surface area contributed by atoms with E-state index in [9.17, 15) is 14.4 Å². The molecule has 0 spiro atoms. The van der Waals surface area contributed by atoms with Crippen molar-refractivity contribution in [1.29, 1.82) is 0 Å². The van der Waals surface area contributed by atoms with Crippen LogP contribution in [-0.2, 0) is 28.6 Å². The van der Waals surface area contributed by atoms with Gasteiger partial charge in [-0.3, -0.25) is 14.4 Å². The van der Waals surface area contributed by atoms with Gasteiger partial charge in [0.25, 0.3) is 0 Å². The zero-order chi connectivity index (χ0) is 40.1. The van der Waals surface area contributed by atoms with Crippen molar-refractivity contribution in [3.63, 3.8) is 0 Å². The quantitative estimate of drug-likeness (QED) is 0.0348. The molecule has 1 atom stereocenters. The van der Waals surface area contributed by atoms with E-state index in [1.165, 1.54) is 180 Å². The van der Waals surface area contributed by atoms with Crippen LogP contribution in [0.3, 0.4) is 0 Å². The van der Waals surface area contributed by atoms with E-state index >= 15 is 0 Å². The highest BCUT2D eigenvalue weighted by molar-refractivity contribution is 5.71. The van der Waals surface area contributed by atoms with Crippen LogP contribution in [0.4, 0.5) is 0 Å². The van der Waals surface area contributed by atoms with Crippen molar-refractivity contribution >= 4 is 17.9 Å². The van der Waals surface area contributed by atoms with E-state index in [4.69, 9.17) is 14.2 Å². The molecule has 1 unspecified atom stereocenters. The highest BCUT2D eigenvalue weighted by Gasteiger charge is 2.19. The molecular weight excluding hydrogens is 685 g/mol. The third-order valence-corrected chi connectivity index (χ3v) is 11.1. The average molecular weight is 779 g/mol. The van der Waals surface area contributed by atoms with Crippen LogP contribution < -0.4 is 0 Å². The van der Waals surface area contributed by atoms with Crippen LogP contribution in [0.2, 0.25) is 0 Å². The maximum absolute atomic E-state index is 12.7. The van der Waals surface area contributed by atoms with Gasteiger partial charge in [-0.15, -0.1) is 0 Å². The van der Waals surface area contributed by atoms with Gasteiger partial charge in [0.15, 0.2) is 6.10 Å². The number of hydrogen-bond acceptors (Lipinski definition) is 6. The van der Waals surface area contributed by atoms with Crippen LogP contribution >= 0.6 is 0 Å². The third-order valence-electron chi connectivity index (χ3n) is 11.1. The number of hydrogen-bond donors (Lipinski definition) is 0. The van der Waals surface area contributed by atoms with Crippen LogP contribution in [0, 0.1) is 0 Å². The summed E-state index contributed by atoms with van der Waals surface area (Å²) in [4.78, 5) is 37.8. The van der Waals surface area contributed by atoms with Crippen molar-refractivity contribution in [2.24, 2.45) is 0 Å². The molecule has 6 nitrogen and oxygen atoms in total. The Hall–Kier alpha value is -1.59. The molecule has 0 bridgehead atoms. The molecule has 0 rings (SSSR count). The smallest absolute Gasteiger partial charge is 0.306 e. The molecule has 6 heteroatoms. The minimum Gasteiger partial charge on any atom is -0.462 e. The van der Waals surface area contributed by atoms with Gasteiger partial charge in [-0.05, 0) is 19.3 Å². The molecule has 0 aromatic carbocycles. The molecule has 0 amide bonds. The summed E-state index contributed by atoms with van der Waals surface area (Å²) in [6.07, 6.45) is 46.5. The van der Waals surface area contributed by atoms with E-state index in [2.05, 4.69) is 20.8 Å². The summed E-state index contributed by atoms with van der Waals surface area (Å²) in [5.41, 5.74) is 0. The zero-order valence-electron chi connectivity index (χ0n) is 37.2. The highest BCUT2D eigenvalue weighted by Crippen LogP contribution is 2.16. The Morgan fingerprint density at radius 1 is 0.291 bits per heavy atom. The molecule has 0 aromatic rings. The molecule has 0 radical (unpaired) electrons. The Morgan fingerprint density at radius 3 is 0.727 bits per heavy atom. The minimum atomic E-state index is -0.758. The van der Waals surface area contributed by atoms with E-state index in [1.54, 1.807) is 0 Å². The molecule has 0 aliphatic rings. The molecule has 0 aliphatic heterocycles. The second kappa shape index (κ2) is 45.1. The van der Waals surface area contributed by atoms with Gasteiger partial charge in [-0.2, -0.15) is 0 Å². The molecule has 0 aromatic heterocycles. The molecule has 0 saturated heterocycles. The molecular formula is C49H94O6. The maximum Gasteiger partial charge on any atom is 0.306 e. The van der Waals surface area contributed by atoms with E-state index in [-0.39, 0.29) is 31.1 Å². The summed E-state index contributed by atoms with van der Waals surface area (Å²) in [5, 5.41) is 0. The highest BCUT2D eigenvalue weighted by atomic mass is 16.6. The van der Waals surface area contributed by atoms with Gasteiger partial charge in [-0.25, -0.2) is 0 Å². The van der Waals surface area contributed by atoms with Crippen molar-refractivity contribution < 1.29 is 28.6 Å². The predicted molar refractivity (Wildman–Crippen MR) is 233 cm³/mol. The molecule has 0 aliphatic carbocycles. The molecule has 55 heavy (non-hydrogen) atoms. The van der Waals surface area contributed by atoms with Crippen molar-refractivity contribution in [3.8, 4) is 0 Å². The molecule has 0 saturated carbocycles. The van der Waals surface area contributed by atoms with Gasteiger partial charge >= 0.3 is 17.9 Å². The van der Waals surface area contributed by atoms with E-state index in [1.807, 2.05) is 0 Å². The van der Waals surface area contributed by atoms with Crippen molar-refractivity contribution in [2.75, 3.05) is 13.2 Å². The minimum absolute atomic E-state index is 0.0622. The molecule has 0 heterocycles. The first kappa shape index (κ1) is 53.4. The SMILES string of the molecule is CCCCCCCCCCCCCCCCC(=O)OCC(COC(=O)CCCCCCCCCCCCC)OC(=O)CCCCCCCCCCCCCC. The van der Waals surface area contributed by atoms with Crippen LogP contribution in [0.1, 0.15) is 278 Å². The van der Waals surface area contributed by atoms with Gasteiger partial charge < -0.3 is 14.2 Å². The number of esters is 3. The average Bonchev–Trinajstić information content (AvgIpc) is 3.18. The molecule has 0 N–H and O–H groups in total. The monoisotopic (exact) mass is 779 g/mol. The second-order valence-electron chi connectivity index (χ2n) is 16.7. The summed E-state index contributed by atoms with van der Waals surface area (Å²) in [6, 6.07) is 0. The van der Waals surface area contributed by atoms with Crippen molar-refractivity contribution in [1.82, 2.24) is 0 Å². The fourth-order valence-corrected chi connectivity index (χ4v) is 7.38. The lowest BCUT2D eigenvalue weighted by atomic mass is 10.0. The lowest BCUT2D eigenvalue weighted by Crippen LogP contribution is -2.30. The van der Waals surface area contributed by atoms with Gasteiger partial charge in [-0.1, -0.05) is 239 Å². The number of ether oxygens (including phenoxy) is 3. The van der Waals surface area contributed by atoms with Crippen LogP contribution in [-0.4, -0.2) is 37.2 Å². The van der Waals surface area contributed by atoms with Gasteiger partial charge in [0.05, 0.1) is 0 Å². The van der Waals surface area contributed by atoms with Gasteiger partial charge in [0, 0.05) is 19.3 Å². The summed E-state index contributed by atoms with van der Waals surface area (Å²) < 4.78 is 16.8. The maximum atomic E-state index is 12.7.